The van der Waals surface area contributed by atoms with Gasteiger partial charge in [0.05, 0.1) is 12.7 Å². The van der Waals surface area contributed by atoms with Gasteiger partial charge in [0.25, 0.3) is 0 Å². The summed E-state index contributed by atoms with van der Waals surface area (Å²) in [7, 11) is 1.63. The molecule has 0 spiro atoms. The van der Waals surface area contributed by atoms with E-state index in [2.05, 4.69) is 5.16 Å². The second kappa shape index (κ2) is 6.14. The van der Waals surface area contributed by atoms with Crippen LogP contribution in [0.4, 0.5) is 0 Å². The first-order valence-electron chi connectivity index (χ1n) is 6.08. The van der Waals surface area contributed by atoms with E-state index in [1.165, 1.54) is 0 Å². The molecule has 1 saturated carbocycles. The molecule has 5 nitrogen and oxygen atoms in total. The highest BCUT2D eigenvalue weighted by molar-refractivity contribution is 5.03. The van der Waals surface area contributed by atoms with Crippen LogP contribution in [0.3, 0.4) is 0 Å². The molecule has 1 aliphatic rings. The first-order valence-corrected chi connectivity index (χ1v) is 6.08. The third-order valence-electron chi connectivity index (χ3n) is 3.03. The van der Waals surface area contributed by atoms with Crippen LogP contribution in [-0.4, -0.2) is 24.4 Å². The van der Waals surface area contributed by atoms with Crippen LogP contribution in [-0.2, 0) is 22.7 Å². The van der Waals surface area contributed by atoms with Gasteiger partial charge in [0.15, 0.2) is 5.76 Å². The molecule has 1 heterocycles. The minimum atomic E-state index is 0.265. The van der Waals surface area contributed by atoms with Crippen molar-refractivity contribution in [3.63, 3.8) is 0 Å². The van der Waals surface area contributed by atoms with Crippen LogP contribution in [0.15, 0.2) is 10.6 Å². The lowest BCUT2D eigenvalue weighted by Gasteiger charge is -2.26. The fourth-order valence-electron chi connectivity index (χ4n) is 2.17. The van der Waals surface area contributed by atoms with Crippen LogP contribution in [0.2, 0.25) is 0 Å². The highest BCUT2D eigenvalue weighted by atomic mass is 16.5. The SMILES string of the molecule is COCc1cc(COC2CCCC(N)C2)no1. The molecule has 5 heteroatoms. The lowest BCUT2D eigenvalue weighted by Crippen LogP contribution is -2.32. The Balaban J connectivity index is 1.76. The smallest absolute Gasteiger partial charge is 0.162 e. The Bertz CT molecular complexity index is 340. The molecular formula is C12H20N2O3. The summed E-state index contributed by atoms with van der Waals surface area (Å²) in [5.74, 6) is 0.728. The Hall–Kier alpha value is -0.910. The van der Waals surface area contributed by atoms with Crippen molar-refractivity contribution in [2.45, 2.75) is 51.0 Å². The van der Waals surface area contributed by atoms with Crippen molar-refractivity contribution < 1.29 is 14.0 Å². The molecule has 2 N–H and O–H groups in total. The van der Waals surface area contributed by atoms with Gasteiger partial charge in [0, 0.05) is 19.2 Å². The van der Waals surface area contributed by atoms with Crippen LogP contribution in [0, 0.1) is 0 Å². The third-order valence-corrected chi connectivity index (χ3v) is 3.03. The van der Waals surface area contributed by atoms with Crippen LogP contribution in [0.1, 0.15) is 37.1 Å². The molecule has 0 amide bonds. The summed E-state index contributed by atoms with van der Waals surface area (Å²) in [5.41, 5.74) is 6.72. The highest BCUT2D eigenvalue weighted by Gasteiger charge is 2.20. The van der Waals surface area contributed by atoms with Gasteiger partial charge in [0.2, 0.25) is 0 Å². The third kappa shape index (κ3) is 3.80. The van der Waals surface area contributed by atoms with Gasteiger partial charge < -0.3 is 19.7 Å². The van der Waals surface area contributed by atoms with Crippen molar-refractivity contribution in [1.82, 2.24) is 5.16 Å². The van der Waals surface area contributed by atoms with Crippen molar-refractivity contribution in [3.8, 4) is 0 Å². The standard InChI is InChI=1S/C12H20N2O3/c1-15-8-12-6-10(14-17-12)7-16-11-4-2-3-9(13)5-11/h6,9,11H,2-5,7-8,13H2,1H3. The first kappa shape index (κ1) is 12.5. The summed E-state index contributed by atoms with van der Waals surface area (Å²) in [6.07, 6.45) is 4.57. The minimum Gasteiger partial charge on any atom is -0.377 e. The number of hydrogen-bond acceptors (Lipinski definition) is 5. The van der Waals surface area contributed by atoms with Crippen molar-refractivity contribution in [2.75, 3.05) is 7.11 Å². The molecule has 96 valence electrons. The Labute approximate surface area is 101 Å². The monoisotopic (exact) mass is 240 g/mol. The van der Waals surface area contributed by atoms with E-state index in [0.717, 1.165) is 37.1 Å². The molecule has 1 aromatic heterocycles. The molecule has 0 bridgehead atoms. The maximum Gasteiger partial charge on any atom is 0.162 e. The number of nitrogens with zero attached hydrogens (tertiary/aromatic N) is 1. The summed E-state index contributed by atoms with van der Waals surface area (Å²) in [6.45, 7) is 0.936. The number of nitrogens with two attached hydrogens (primary N) is 1. The van der Waals surface area contributed by atoms with Gasteiger partial charge in [-0.3, -0.25) is 0 Å². The summed E-state index contributed by atoms with van der Waals surface area (Å²) in [6, 6.07) is 2.15. The molecular weight excluding hydrogens is 220 g/mol. The fourth-order valence-corrected chi connectivity index (χ4v) is 2.17. The predicted octanol–water partition coefficient (Wildman–Crippen LogP) is 1.61. The molecule has 1 aliphatic carbocycles. The zero-order valence-corrected chi connectivity index (χ0v) is 10.2. The maximum absolute atomic E-state index is 5.91. The Morgan fingerprint density at radius 2 is 2.35 bits per heavy atom. The molecule has 0 aliphatic heterocycles. The van der Waals surface area contributed by atoms with Crippen LogP contribution >= 0.6 is 0 Å². The Morgan fingerprint density at radius 3 is 3.12 bits per heavy atom. The molecule has 1 fully saturated rings. The van der Waals surface area contributed by atoms with E-state index in [-0.39, 0.29) is 12.1 Å². The van der Waals surface area contributed by atoms with E-state index in [1.54, 1.807) is 7.11 Å². The Morgan fingerprint density at radius 1 is 1.47 bits per heavy atom. The topological polar surface area (TPSA) is 70.5 Å². The maximum atomic E-state index is 5.91. The summed E-state index contributed by atoms with van der Waals surface area (Å²) < 4.78 is 15.8. The lowest BCUT2D eigenvalue weighted by atomic mass is 9.94. The number of hydrogen-bond donors (Lipinski definition) is 1. The minimum absolute atomic E-state index is 0.265. The lowest BCUT2D eigenvalue weighted by molar-refractivity contribution is 0.00964. The van der Waals surface area contributed by atoms with E-state index in [9.17, 15) is 0 Å². The van der Waals surface area contributed by atoms with Crippen LogP contribution in [0.5, 0.6) is 0 Å². The van der Waals surface area contributed by atoms with E-state index < -0.39 is 0 Å². The zero-order valence-electron chi connectivity index (χ0n) is 10.2. The average Bonchev–Trinajstić information content (AvgIpc) is 2.75. The number of rotatable bonds is 5. The van der Waals surface area contributed by atoms with Gasteiger partial charge in [-0.15, -0.1) is 0 Å². The molecule has 17 heavy (non-hydrogen) atoms. The van der Waals surface area contributed by atoms with Crippen LogP contribution in [0.25, 0.3) is 0 Å². The van der Waals surface area contributed by atoms with Gasteiger partial charge in [0.1, 0.15) is 12.3 Å². The van der Waals surface area contributed by atoms with E-state index in [4.69, 9.17) is 19.7 Å². The quantitative estimate of drug-likeness (QED) is 0.846. The summed E-state index contributed by atoms with van der Waals surface area (Å²) >= 11 is 0. The number of ether oxygens (including phenoxy) is 2. The normalized spacial score (nSPS) is 25.1. The fraction of sp³-hybridized carbons (Fsp3) is 0.750. The zero-order chi connectivity index (χ0) is 12.1. The molecule has 1 aromatic rings. The second-order valence-electron chi connectivity index (χ2n) is 4.58. The van der Waals surface area contributed by atoms with Crippen molar-refractivity contribution in [3.05, 3.63) is 17.5 Å². The molecule has 2 atom stereocenters. The largest absolute Gasteiger partial charge is 0.377 e. The predicted molar refractivity (Wildman–Crippen MR) is 62.2 cm³/mol. The molecule has 2 unspecified atom stereocenters. The summed E-state index contributed by atoms with van der Waals surface area (Å²) in [5, 5.41) is 3.93. The Kier molecular flexibility index (Phi) is 4.53. The van der Waals surface area contributed by atoms with Crippen molar-refractivity contribution in [1.29, 1.82) is 0 Å². The summed E-state index contributed by atoms with van der Waals surface area (Å²) in [4.78, 5) is 0. The first-order chi connectivity index (χ1) is 8.28. The number of methoxy groups -OCH3 is 1. The second-order valence-corrected chi connectivity index (χ2v) is 4.58. The number of aromatic nitrogens is 1. The highest BCUT2D eigenvalue weighted by Crippen LogP contribution is 2.20. The average molecular weight is 240 g/mol. The van der Waals surface area contributed by atoms with Gasteiger partial charge in [-0.2, -0.15) is 0 Å². The molecule has 2 rings (SSSR count). The van der Waals surface area contributed by atoms with Gasteiger partial charge in [-0.25, -0.2) is 0 Å². The van der Waals surface area contributed by atoms with Gasteiger partial charge in [-0.05, 0) is 25.7 Å². The van der Waals surface area contributed by atoms with Crippen molar-refractivity contribution in [2.24, 2.45) is 5.73 Å². The van der Waals surface area contributed by atoms with Crippen molar-refractivity contribution >= 4 is 0 Å². The molecule has 0 saturated heterocycles. The van der Waals surface area contributed by atoms with E-state index >= 15 is 0 Å². The van der Waals surface area contributed by atoms with Gasteiger partial charge in [-0.1, -0.05) is 5.16 Å². The molecule has 0 radical (unpaired) electrons. The molecule has 0 aromatic carbocycles. The van der Waals surface area contributed by atoms with E-state index in [0.29, 0.717) is 13.2 Å². The van der Waals surface area contributed by atoms with Crippen LogP contribution < -0.4 is 5.73 Å². The van der Waals surface area contributed by atoms with E-state index in [1.807, 2.05) is 6.07 Å². The van der Waals surface area contributed by atoms with Gasteiger partial charge >= 0.3 is 0 Å².